The molecule has 0 aromatic heterocycles. The molecule has 0 saturated carbocycles. The van der Waals surface area contributed by atoms with E-state index >= 15 is 0 Å². The summed E-state index contributed by atoms with van der Waals surface area (Å²) in [6.07, 6.45) is 0. The molecule has 2 rings (SSSR count). The zero-order chi connectivity index (χ0) is 14.0. The normalized spacial score (nSPS) is 11.3. The van der Waals surface area contributed by atoms with E-state index in [0.717, 1.165) is 12.1 Å². The van der Waals surface area contributed by atoms with Crippen molar-refractivity contribution in [3.63, 3.8) is 0 Å². The number of halogens is 3. The molecule has 0 aliphatic carbocycles. The predicted molar refractivity (Wildman–Crippen MR) is 71.3 cm³/mol. The maximum absolute atomic E-state index is 13.5. The molecule has 2 aromatic rings. The van der Waals surface area contributed by atoms with Crippen LogP contribution in [0.15, 0.2) is 51.8 Å². The first-order valence-electron chi connectivity index (χ1n) is 5.12. The van der Waals surface area contributed by atoms with Crippen molar-refractivity contribution in [1.29, 1.82) is 0 Å². The summed E-state index contributed by atoms with van der Waals surface area (Å²) in [7, 11) is -4.10. The number of hydrogen-bond donors (Lipinski definition) is 1. The summed E-state index contributed by atoms with van der Waals surface area (Å²) in [5, 5.41) is 0. The van der Waals surface area contributed by atoms with Gasteiger partial charge in [0.2, 0.25) is 0 Å². The standard InChI is InChI=1S/C12H8BrF2NO2S/c13-9-3-1-2-4-11(9)16-19(17,18)12-6-5-8(14)7-10(12)15/h1-7,16H. The van der Waals surface area contributed by atoms with Crippen LogP contribution in [0.25, 0.3) is 0 Å². The van der Waals surface area contributed by atoms with E-state index in [1.54, 1.807) is 18.2 Å². The molecule has 2 aromatic carbocycles. The Morgan fingerprint density at radius 3 is 2.37 bits per heavy atom. The minimum Gasteiger partial charge on any atom is -0.278 e. The molecule has 7 heteroatoms. The van der Waals surface area contributed by atoms with Gasteiger partial charge in [0.05, 0.1) is 5.69 Å². The molecule has 0 fully saturated rings. The first kappa shape index (κ1) is 14.0. The van der Waals surface area contributed by atoms with Crippen molar-refractivity contribution in [3.05, 3.63) is 58.6 Å². The van der Waals surface area contributed by atoms with Crippen molar-refractivity contribution in [2.75, 3.05) is 4.72 Å². The second-order valence-corrected chi connectivity index (χ2v) is 6.17. The number of anilines is 1. The second kappa shape index (κ2) is 5.26. The van der Waals surface area contributed by atoms with E-state index < -0.39 is 26.6 Å². The number of hydrogen-bond acceptors (Lipinski definition) is 2. The summed E-state index contributed by atoms with van der Waals surface area (Å²) < 4.78 is 53.0. The van der Waals surface area contributed by atoms with E-state index in [-0.39, 0.29) is 5.69 Å². The second-order valence-electron chi connectivity index (χ2n) is 3.66. The van der Waals surface area contributed by atoms with Crippen molar-refractivity contribution in [2.45, 2.75) is 4.90 Å². The fourth-order valence-electron chi connectivity index (χ4n) is 1.44. The molecule has 1 N–H and O–H groups in total. The molecule has 0 amide bonds. The van der Waals surface area contributed by atoms with Crippen LogP contribution < -0.4 is 4.72 Å². The van der Waals surface area contributed by atoms with Crippen LogP contribution in [0, 0.1) is 11.6 Å². The Morgan fingerprint density at radius 2 is 1.74 bits per heavy atom. The molecule has 0 aliphatic heterocycles. The highest BCUT2D eigenvalue weighted by atomic mass is 79.9. The van der Waals surface area contributed by atoms with Gasteiger partial charge >= 0.3 is 0 Å². The Bertz CT molecular complexity index is 719. The van der Waals surface area contributed by atoms with Gasteiger partial charge in [-0.1, -0.05) is 12.1 Å². The average molecular weight is 348 g/mol. The van der Waals surface area contributed by atoms with E-state index in [1.165, 1.54) is 6.07 Å². The quantitative estimate of drug-likeness (QED) is 0.923. The Morgan fingerprint density at radius 1 is 1.05 bits per heavy atom. The highest BCUT2D eigenvalue weighted by molar-refractivity contribution is 9.10. The molecule has 0 spiro atoms. The summed E-state index contributed by atoms with van der Waals surface area (Å²) in [5.74, 6) is -1.98. The number of para-hydroxylation sites is 1. The Balaban J connectivity index is 2.41. The molecule has 0 saturated heterocycles. The van der Waals surface area contributed by atoms with Gasteiger partial charge in [0.25, 0.3) is 10.0 Å². The highest BCUT2D eigenvalue weighted by Crippen LogP contribution is 2.25. The zero-order valence-corrected chi connectivity index (χ0v) is 11.8. The molecule has 0 aliphatic rings. The first-order valence-corrected chi connectivity index (χ1v) is 7.40. The van der Waals surface area contributed by atoms with E-state index in [1.807, 2.05) is 0 Å². The molecule has 3 nitrogen and oxygen atoms in total. The summed E-state index contributed by atoms with van der Waals surface area (Å²) >= 11 is 3.17. The Labute approximate surface area is 117 Å². The molecule has 100 valence electrons. The van der Waals surface area contributed by atoms with Crippen LogP contribution >= 0.6 is 15.9 Å². The number of benzene rings is 2. The Kier molecular flexibility index (Phi) is 3.86. The smallest absolute Gasteiger partial charge is 0.264 e. The van der Waals surface area contributed by atoms with Crippen LogP contribution in [-0.4, -0.2) is 8.42 Å². The average Bonchev–Trinajstić information content (AvgIpc) is 2.31. The van der Waals surface area contributed by atoms with Gasteiger partial charge in [-0.15, -0.1) is 0 Å². The van der Waals surface area contributed by atoms with Crippen molar-refractivity contribution in [2.24, 2.45) is 0 Å². The minimum atomic E-state index is -4.10. The number of sulfonamides is 1. The van der Waals surface area contributed by atoms with Crippen LogP contribution in [0.1, 0.15) is 0 Å². The Hall–Kier alpha value is -1.47. The van der Waals surface area contributed by atoms with Crippen LogP contribution in [0.3, 0.4) is 0 Å². The van der Waals surface area contributed by atoms with Crippen molar-refractivity contribution >= 4 is 31.6 Å². The van der Waals surface area contributed by atoms with Crippen LogP contribution in [-0.2, 0) is 10.0 Å². The minimum absolute atomic E-state index is 0.270. The largest absolute Gasteiger partial charge is 0.278 e. The molecule has 0 unspecified atom stereocenters. The van der Waals surface area contributed by atoms with Crippen LogP contribution in [0.5, 0.6) is 0 Å². The fourth-order valence-corrected chi connectivity index (χ4v) is 3.09. The lowest BCUT2D eigenvalue weighted by molar-refractivity contribution is 0.551. The lowest BCUT2D eigenvalue weighted by atomic mass is 10.3. The maximum atomic E-state index is 13.5. The lowest BCUT2D eigenvalue weighted by Crippen LogP contribution is -2.15. The van der Waals surface area contributed by atoms with E-state index in [9.17, 15) is 17.2 Å². The van der Waals surface area contributed by atoms with Crippen molar-refractivity contribution in [3.8, 4) is 0 Å². The van der Waals surface area contributed by atoms with Gasteiger partial charge in [0.1, 0.15) is 16.5 Å². The van der Waals surface area contributed by atoms with Gasteiger partial charge in [0, 0.05) is 10.5 Å². The molecule has 0 bridgehead atoms. The molecule has 0 heterocycles. The van der Waals surface area contributed by atoms with Crippen molar-refractivity contribution < 1.29 is 17.2 Å². The predicted octanol–water partition coefficient (Wildman–Crippen LogP) is 3.53. The molecule has 19 heavy (non-hydrogen) atoms. The summed E-state index contributed by atoms with van der Waals surface area (Å²) in [6, 6.07) is 8.78. The number of nitrogens with one attached hydrogen (secondary N) is 1. The van der Waals surface area contributed by atoms with E-state index in [4.69, 9.17) is 0 Å². The summed E-state index contributed by atoms with van der Waals surface area (Å²) in [5.41, 5.74) is 0.270. The van der Waals surface area contributed by atoms with Crippen molar-refractivity contribution in [1.82, 2.24) is 0 Å². The lowest BCUT2D eigenvalue weighted by Gasteiger charge is -2.10. The fraction of sp³-hybridized carbons (Fsp3) is 0. The topological polar surface area (TPSA) is 46.2 Å². The molecular weight excluding hydrogens is 340 g/mol. The van der Waals surface area contributed by atoms with Gasteiger partial charge < -0.3 is 0 Å². The van der Waals surface area contributed by atoms with E-state index in [2.05, 4.69) is 20.7 Å². The third kappa shape index (κ3) is 3.10. The molecular formula is C12H8BrF2NO2S. The summed E-state index contributed by atoms with van der Waals surface area (Å²) in [4.78, 5) is -0.607. The zero-order valence-electron chi connectivity index (χ0n) is 9.40. The third-order valence-electron chi connectivity index (χ3n) is 2.30. The monoisotopic (exact) mass is 347 g/mol. The third-order valence-corrected chi connectivity index (χ3v) is 4.39. The van der Waals surface area contributed by atoms with Crippen LogP contribution in [0.2, 0.25) is 0 Å². The highest BCUT2D eigenvalue weighted by Gasteiger charge is 2.20. The van der Waals surface area contributed by atoms with E-state index in [0.29, 0.717) is 10.5 Å². The van der Waals surface area contributed by atoms with Gasteiger partial charge in [-0.05, 0) is 40.2 Å². The number of rotatable bonds is 3. The molecule has 0 atom stereocenters. The SMILES string of the molecule is O=S(=O)(Nc1ccccc1Br)c1ccc(F)cc1F. The van der Waals surface area contributed by atoms with Gasteiger partial charge in [0.15, 0.2) is 0 Å². The van der Waals surface area contributed by atoms with Gasteiger partial charge in [-0.2, -0.15) is 0 Å². The van der Waals surface area contributed by atoms with Gasteiger partial charge in [-0.3, -0.25) is 4.72 Å². The van der Waals surface area contributed by atoms with Gasteiger partial charge in [-0.25, -0.2) is 17.2 Å². The molecule has 0 radical (unpaired) electrons. The summed E-state index contributed by atoms with van der Waals surface area (Å²) in [6.45, 7) is 0. The van der Waals surface area contributed by atoms with Crippen LogP contribution in [0.4, 0.5) is 14.5 Å². The maximum Gasteiger partial charge on any atom is 0.264 e. The first-order chi connectivity index (χ1) is 8.90.